The minimum absolute atomic E-state index is 0.555. The Morgan fingerprint density at radius 3 is 2.78 bits per heavy atom. The van der Waals surface area contributed by atoms with Crippen molar-refractivity contribution >= 4 is 35.3 Å². The van der Waals surface area contributed by atoms with Crippen molar-refractivity contribution in [2.75, 3.05) is 23.4 Å². The lowest BCUT2D eigenvalue weighted by molar-refractivity contribution is 0.517. The van der Waals surface area contributed by atoms with Crippen molar-refractivity contribution in [3.8, 4) is 0 Å². The summed E-state index contributed by atoms with van der Waals surface area (Å²) in [7, 11) is 1.85. The van der Waals surface area contributed by atoms with E-state index < -0.39 is 0 Å². The summed E-state index contributed by atoms with van der Waals surface area (Å²) in [6.07, 6.45) is 5.45. The third kappa shape index (κ3) is 4.99. The Labute approximate surface area is 141 Å². The minimum atomic E-state index is 0.555. The molecule has 7 heteroatoms. The maximum Gasteiger partial charge on any atom is 0.191 e. The van der Waals surface area contributed by atoms with Gasteiger partial charge < -0.3 is 15.1 Å². The monoisotopic (exact) mass is 333 g/mol. The van der Waals surface area contributed by atoms with Gasteiger partial charge in [-0.2, -0.15) is 0 Å². The summed E-state index contributed by atoms with van der Waals surface area (Å²) >= 11 is 1.64. The average molecular weight is 333 g/mol. The highest BCUT2D eigenvalue weighted by Crippen LogP contribution is 2.33. The third-order valence-electron chi connectivity index (χ3n) is 2.95. The zero-order valence-corrected chi connectivity index (χ0v) is 14.6. The van der Waals surface area contributed by atoms with E-state index in [1.807, 2.05) is 32.3 Å². The van der Waals surface area contributed by atoms with E-state index in [9.17, 15) is 0 Å². The fraction of sp³-hybridized carbons (Fsp3) is 0.438. The summed E-state index contributed by atoms with van der Waals surface area (Å²) in [5.74, 6) is 3.27. The van der Waals surface area contributed by atoms with Crippen molar-refractivity contribution in [3.05, 3.63) is 24.2 Å². The Morgan fingerprint density at radius 2 is 2.13 bits per heavy atom. The molecule has 0 radical (unpaired) electrons. The van der Waals surface area contributed by atoms with Gasteiger partial charge in [-0.1, -0.05) is 25.6 Å². The van der Waals surface area contributed by atoms with E-state index in [4.69, 9.17) is 4.42 Å². The Bertz CT molecular complexity index is 628. The van der Waals surface area contributed by atoms with Gasteiger partial charge in [-0.15, -0.1) is 0 Å². The molecule has 0 aliphatic rings. The number of furan rings is 1. The lowest BCUT2D eigenvalue weighted by Gasteiger charge is -2.12. The van der Waals surface area contributed by atoms with E-state index in [0.29, 0.717) is 12.4 Å². The first kappa shape index (κ1) is 17.3. The summed E-state index contributed by atoms with van der Waals surface area (Å²) in [6.45, 7) is 4.74. The van der Waals surface area contributed by atoms with Crippen LogP contribution in [0.2, 0.25) is 0 Å². The van der Waals surface area contributed by atoms with Gasteiger partial charge in [-0.3, -0.25) is 4.99 Å². The van der Waals surface area contributed by atoms with E-state index >= 15 is 0 Å². The van der Waals surface area contributed by atoms with Crippen LogP contribution in [-0.4, -0.2) is 29.0 Å². The lowest BCUT2D eigenvalue weighted by atomic mass is 10.4. The third-order valence-corrected chi connectivity index (χ3v) is 4.00. The molecule has 2 aromatic heterocycles. The standard InChI is InChI=1S/C16H23N5OS/c1-4-8-18-13-14(17-3)20-16(23-10-5-2)21-15(13)19-11-12-7-6-9-22-12/h6-9H,4-5,10-11H2,1-3H3,(H2,17,19,20,21). The normalized spacial score (nSPS) is 11.1. The Kier molecular flexibility index (Phi) is 6.93. The van der Waals surface area contributed by atoms with Crippen LogP contribution >= 0.6 is 11.8 Å². The molecular formula is C16H23N5OS. The second-order valence-corrected chi connectivity index (χ2v) is 5.87. The summed E-state index contributed by atoms with van der Waals surface area (Å²) in [4.78, 5) is 13.7. The van der Waals surface area contributed by atoms with E-state index in [-0.39, 0.29) is 0 Å². The molecule has 0 aliphatic heterocycles. The summed E-state index contributed by atoms with van der Waals surface area (Å²) in [5.41, 5.74) is 0.724. The van der Waals surface area contributed by atoms with Gasteiger partial charge in [0.1, 0.15) is 11.4 Å². The zero-order chi connectivity index (χ0) is 16.5. The minimum Gasteiger partial charge on any atom is -0.467 e. The zero-order valence-electron chi connectivity index (χ0n) is 13.8. The Morgan fingerprint density at radius 1 is 1.30 bits per heavy atom. The number of nitrogens with zero attached hydrogens (tertiary/aromatic N) is 3. The number of thioether (sulfide) groups is 1. The van der Waals surface area contributed by atoms with Gasteiger partial charge in [-0.25, -0.2) is 9.97 Å². The molecule has 0 aliphatic carbocycles. The largest absolute Gasteiger partial charge is 0.467 e. The molecule has 0 bridgehead atoms. The molecule has 2 heterocycles. The number of rotatable bonds is 9. The predicted molar refractivity (Wildman–Crippen MR) is 97.1 cm³/mol. The highest BCUT2D eigenvalue weighted by Gasteiger charge is 2.13. The molecule has 0 saturated heterocycles. The Balaban J connectivity index is 2.30. The second kappa shape index (κ2) is 9.19. The topological polar surface area (TPSA) is 75.3 Å². The van der Waals surface area contributed by atoms with Crippen molar-refractivity contribution in [2.45, 2.75) is 38.4 Å². The number of nitrogens with one attached hydrogen (secondary N) is 2. The van der Waals surface area contributed by atoms with Gasteiger partial charge in [-0.05, 0) is 25.0 Å². The van der Waals surface area contributed by atoms with Gasteiger partial charge in [0, 0.05) is 19.0 Å². The molecule has 2 aromatic rings. The fourth-order valence-corrected chi connectivity index (χ4v) is 2.58. The van der Waals surface area contributed by atoms with Crippen molar-refractivity contribution in [2.24, 2.45) is 4.99 Å². The molecule has 0 amide bonds. The maximum atomic E-state index is 5.36. The summed E-state index contributed by atoms with van der Waals surface area (Å²) in [5, 5.41) is 7.16. The van der Waals surface area contributed by atoms with Crippen LogP contribution in [0.15, 0.2) is 33.0 Å². The molecule has 0 aromatic carbocycles. The number of hydrogen-bond acceptors (Lipinski definition) is 7. The number of aliphatic imine (C=N–C) groups is 1. The van der Waals surface area contributed by atoms with Crippen LogP contribution in [0.5, 0.6) is 0 Å². The van der Waals surface area contributed by atoms with Gasteiger partial charge in [0.25, 0.3) is 0 Å². The van der Waals surface area contributed by atoms with Crippen LogP contribution in [0.25, 0.3) is 0 Å². The highest BCUT2D eigenvalue weighted by atomic mass is 32.2. The molecule has 0 atom stereocenters. The van der Waals surface area contributed by atoms with E-state index in [1.165, 1.54) is 0 Å². The van der Waals surface area contributed by atoms with E-state index in [2.05, 4.69) is 32.5 Å². The van der Waals surface area contributed by atoms with Gasteiger partial charge >= 0.3 is 0 Å². The summed E-state index contributed by atoms with van der Waals surface area (Å²) < 4.78 is 5.36. The maximum absolute atomic E-state index is 5.36. The molecule has 0 fully saturated rings. The fourth-order valence-electron chi connectivity index (χ4n) is 1.88. The van der Waals surface area contributed by atoms with Crippen LogP contribution in [0.4, 0.5) is 17.3 Å². The van der Waals surface area contributed by atoms with Crippen LogP contribution < -0.4 is 10.6 Å². The number of anilines is 2. The molecule has 2 N–H and O–H groups in total. The van der Waals surface area contributed by atoms with Crippen LogP contribution in [0, 0.1) is 0 Å². The molecule has 6 nitrogen and oxygen atoms in total. The molecule has 2 rings (SSSR count). The number of hydrogen-bond donors (Lipinski definition) is 2. The van der Waals surface area contributed by atoms with Gasteiger partial charge in [0.2, 0.25) is 0 Å². The van der Waals surface area contributed by atoms with E-state index in [0.717, 1.165) is 41.0 Å². The molecule has 124 valence electrons. The molecular weight excluding hydrogens is 310 g/mol. The van der Waals surface area contributed by atoms with Crippen molar-refractivity contribution in [3.63, 3.8) is 0 Å². The second-order valence-electron chi connectivity index (χ2n) is 4.80. The molecule has 0 saturated carbocycles. The van der Waals surface area contributed by atoms with Crippen LogP contribution in [0.3, 0.4) is 0 Å². The first-order valence-corrected chi connectivity index (χ1v) is 8.78. The van der Waals surface area contributed by atoms with Crippen LogP contribution in [0.1, 0.15) is 32.4 Å². The number of aromatic nitrogens is 2. The van der Waals surface area contributed by atoms with Crippen molar-refractivity contribution < 1.29 is 4.42 Å². The molecule has 0 unspecified atom stereocenters. The van der Waals surface area contributed by atoms with Crippen molar-refractivity contribution in [1.82, 2.24) is 9.97 Å². The Hall–Kier alpha value is -2.02. The van der Waals surface area contributed by atoms with Crippen molar-refractivity contribution in [1.29, 1.82) is 0 Å². The SMILES string of the molecule is CCC=Nc1c(NC)nc(SCCC)nc1NCc1ccco1. The highest BCUT2D eigenvalue weighted by molar-refractivity contribution is 7.99. The van der Waals surface area contributed by atoms with Crippen LogP contribution in [-0.2, 0) is 6.54 Å². The predicted octanol–water partition coefficient (Wildman–Crippen LogP) is 4.34. The average Bonchev–Trinajstić information content (AvgIpc) is 3.09. The molecule has 0 spiro atoms. The smallest absolute Gasteiger partial charge is 0.191 e. The molecule has 23 heavy (non-hydrogen) atoms. The first-order valence-electron chi connectivity index (χ1n) is 7.79. The first-order chi connectivity index (χ1) is 11.3. The lowest BCUT2D eigenvalue weighted by Crippen LogP contribution is -2.05. The van der Waals surface area contributed by atoms with Gasteiger partial charge in [0.05, 0.1) is 12.8 Å². The van der Waals surface area contributed by atoms with E-state index in [1.54, 1.807) is 18.0 Å². The quantitative estimate of drug-likeness (QED) is 0.404. The van der Waals surface area contributed by atoms with Gasteiger partial charge in [0.15, 0.2) is 16.8 Å². The summed E-state index contributed by atoms with van der Waals surface area (Å²) in [6, 6.07) is 3.80.